The first-order valence-electron chi connectivity index (χ1n) is 8.07. The maximum absolute atomic E-state index is 14.0. The Morgan fingerprint density at radius 2 is 1.93 bits per heavy atom. The molecule has 1 aliphatic rings. The van der Waals surface area contributed by atoms with Crippen LogP contribution in [0.15, 0.2) is 29.3 Å². The predicted octanol–water partition coefficient (Wildman–Crippen LogP) is 3.76. The zero-order chi connectivity index (χ0) is 21.7. The Morgan fingerprint density at radius 3 is 2.52 bits per heavy atom. The second-order valence-electron chi connectivity index (χ2n) is 6.38. The molecular weight excluding hydrogens is 426 g/mol. The highest BCUT2D eigenvalue weighted by molar-refractivity contribution is 7.92. The number of aromatic nitrogens is 1. The number of hydrogen-bond donors (Lipinski definition) is 1. The second-order valence-corrected chi connectivity index (χ2v) is 8.33. The third-order valence-corrected chi connectivity index (χ3v) is 6.24. The Bertz CT molecular complexity index is 1110. The first-order chi connectivity index (χ1) is 13.4. The number of nitrogens with zero attached hydrogens (tertiary/aromatic N) is 2. The number of halogens is 6. The van der Waals surface area contributed by atoms with E-state index in [0.717, 1.165) is 16.7 Å². The summed E-state index contributed by atoms with van der Waals surface area (Å²) in [6, 6.07) is 3.21. The molecule has 1 aromatic carbocycles. The van der Waals surface area contributed by atoms with Gasteiger partial charge in [0.2, 0.25) is 9.84 Å². The van der Waals surface area contributed by atoms with Crippen molar-refractivity contribution in [3.63, 3.8) is 0 Å². The summed E-state index contributed by atoms with van der Waals surface area (Å²) in [6.45, 7) is 0. The smallest absolute Gasteiger partial charge is 0.289 e. The minimum atomic E-state index is -5.10. The van der Waals surface area contributed by atoms with Crippen LogP contribution in [0.25, 0.3) is 5.69 Å². The summed E-state index contributed by atoms with van der Waals surface area (Å²) in [5, 5.41) is 18.6. The molecule has 12 heteroatoms. The monoisotopic (exact) mass is 438 g/mol. The summed E-state index contributed by atoms with van der Waals surface area (Å²) in [7, 11) is -5.10. The van der Waals surface area contributed by atoms with Crippen molar-refractivity contribution in [1.82, 2.24) is 4.57 Å². The molecule has 0 bridgehead atoms. The van der Waals surface area contributed by atoms with Gasteiger partial charge in [-0.2, -0.15) is 5.26 Å². The average Bonchev–Trinajstić information content (AvgIpc) is 3.05. The van der Waals surface area contributed by atoms with Crippen LogP contribution in [0, 0.1) is 17.1 Å². The number of fused-ring (bicyclic) bond motifs is 1. The van der Waals surface area contributed by atoms with Crippen LogP contribution in [0.5, 0.6) is 0 Å². The molecule has 0 amide bonds. The first kappa shape index (κ1) is 21.2. The highest BCUT2D eigenvalue weighted by Crippen LogP contribution is 2.46. The molecule has 2 atom stereocenters. The molecule has 1 aliphatic carbocycles. The van der Waals surface area contributed by atoms with Crippen molar-refractivity contribution in [2.24, 2.45) is 0 Å². The van der Waals surface area contributed by atoms with E-state index in [4.69, 9.17) is 5.26 Å². The summed E-state index contributed by atoms with van der Waals surface area (Å²) < 4.78 is 107. The van der Waals surface area contributed by atoms with E-state index >= 15 is 0 Å². The van der Waals surface area contributed by atoms with Gasteiger partial charge < -0.3 is 9.67 Å². The van der Waals surface area contributed by atoms with Crippen LogP contribution in [0.3, 0.4) is 0 Å². The Hall–Kier alpha value is -2.52. The minimum Gasteiger partial charge on any atom is -0.382 e. The highest BCUT2D eigenvalue weighted by Gasteiger charge is 2.48. The van der Waals surface area contributed by atoms with Gasteiger partial charge in [0.25, 0.3) is 17.9 Å². The molecular formula is C17H12F6N2O3S. The lowest BCUT2D eigenvalue weighted by Gasteiger charge is -2.29. The molecule has 156 valence electrons. The first-order valence-corrected chi connectivity index (χ1v) is 9.62. The van der Waals surface area contributed by atoms with Gasteiger partial charge in [-0.05, 0) is 24.6 Å². The Kier molecular flexibility index (Phi) is 5.17. The van der Waals surface area contributed by atoms with Crippen LogP contribution in [0.1, 0.15) is 35.8 Å². The van der Waals surface area contributed by atoms with E-state index in [1.54, 1.807) is 0 Å². The molecule has 3 rings (SSSR count). The normalized spacial score (nSPS) is 19.6. The third kappa shape index (κ3) is 3.38. The quantitative estimate of drug-likeness (QED) is 0.737. The Balaban J connectivity index is 2.31. The van der Waals surface area contributed by atoms with Crippen molar-refractivity contribution in [3.8, 4) is 11.8 Å². The summed E-state index contributed by atoms with van der Waals surface area (Å²) in [4.78, 5) is -1.06. The zero-order valence-electron chi connectivity index (χ0n) is 14.3. The highest BCUT2D eigenvalue weighted by atomic mass is 32.2. The molecule has 0 radical (unpaired) electrons. The van der Waals surface area contributed by atoms with E-state index in [-0.39, 0.29) is 11.4 Å². The number of aliphatic hydroxyl groups excluding tert-OH is 1. The second kappa shape index (κ2) is 7.07. The van der Waals surface area contributed by atoms with Gasteiger partial charge in [-0.1, -0.05) is 0 Å². The standard InChI is InChI=1S/C17H12F6N2O3S/c18-10-2-1-8(5-9(10)16(20)21)25-7-12(29(27,28)13(19)6-24)14-11(25)3-4-17(22,23)15(14)26/h1-2,5,7,13,15-16,26H,3-4H2/t13?,15-/m0/s1. The summed E-state index contributed by atoms with van der Waals surface area (Å²) in [5.74, 6) is -4.98. The maximum atomic E-state index is 14.0. The number of aliphatic hydroxyl groups is 1. The molecule has 0 aliphatic heterocycles. The number of rotatable bonds is 4. The number of sulfone groups is 1. The van der Waals surface area contributed by atoms with Gasteiger partial charge in [0.05, 0.1) is 10.5 Å². The number of hydrogen-bond acceptors (Lipinski definition) is 4. The van der Waals surface area contributed by atoms with Gasteiger partial charge in [-0.25, -0.2) is 34.8 Å². The topological polar surface area (TPSA) is 83.1 Å². The maximum Gasteiger partial charge on any atom is 0.289 e. The van der Waals surface area contributed by atoms with Crippen LogP contribution < -0.4 is 0 Å². The van der Waals surface area contributed by atoms with Gasteiger partial charge in [0, 0.05) is 29.6 Å². The van der Waals surface area contributed by atoms with Gasteiger partial charge in [-0.15, -0.1) is 0 Å². The largest absolute Gasteiger partial charge is 0.382 e. The van der Waals surface area contributed by atoms with Crippen LogP contribution >= 0.6 is 0 Å². The molecule has 0 saturated heterocycles. The van der Waals surface area contributed by atoms with Gasteiger partial charge in [0.15, 0.2) is 0 Å². The van der Waals surface area contributed by atoms with E-state index in [1.807, 2.05) is 0 Å². The van der Waals surface area contributed by atoms with Crippen molar-refractivity contribution in [3.05, 3.63) is 47.0 Å². The molecule has 1 unspecified atom stereocenters. The van der Waals surface area contributed by atoms with Crippen molar-refractivity contribution in [1.29, 1.82) is 5.26 Å². The van der Waals surface area contributed by atoms with Crippen LogP contribution in [0.4, 0.5) is 26.3 Å². The van der Waals surface area contributed by atoms with E-state index in [2.05, 4.69) is 0 Å². The van der Waals surface area contributed by atoms with E-state index in [1.165, 1.54) is 0 Å². The molecule has 0 saturated carbocycles. The van der Waals surface area contributed by atoms with Gasteiger partial charge in [0.1, 0.15) is 18.0 Å². The van der Waals surface area contributed by atoms with Crippen molar-refractivity contribution >= 4 is 9.84 Å². The van der Waals surface area contributed by atoms with Gasteiger partial charge >= 0.3 is 0 Å². The van der Waals surface area contributed by atoms with E-state index in [9.17, 15) is 39.9 Å². The van der Waals surface area contributed by atoms with Crippen LogP contribution in [-0.2, 0) is 16.3 Å². The molecule has 0 spiro atoms. The zero-order valence-corrected chi connectivity index (χ0v) is 15.1. The van der Waals surface area contributed by atoms with Crippen LogP contribution in [-0.4, -0.2) is 29.5 Å². The lowest BCUT2D eigenvalue weighted by molar-refractivity contribution is -0.123. The minimum absolute atomic E-state index is 0.195. The SMILES string of the molecule is N#CC(F)S(=O)(=O)c1cn(-c2ccc(F)c(C(F)F)c2)c2c1[C@H](O)C(F)(F)CC2. The fraction of sp³-hybridized carbons (Fsp3) is 0.353. The van der Waals surface area contributed by atoms with E-state index < -0.39 is 68.5 Å². The average molecular weight is 438 g/mol. The fourth-order valence-corrected chi connectivity index (χ4v) is 4.35. The molecule has 0 fully saturated rings. The lowest BCUT2D eigenvalue weighted by Crippen LogP contribution is -2.33. The van der Waals surface area contributed by atoms with Crippen molar-refractivity contribution < 1.29 is 39.9 Å². The lowest BCUT2D eigenvalue weighted by atomic mass is 9.91. The Morgan fingerprint density at radius 1 is 1.28 bits per heavy atom. The molecule has 5 nitrogen and oxygen atoms in total. The fourth-order valence-electron chi connectivity index (χ4n) is 3.20. The molecule has 2 aromatic rings. The van der Waals surface area contributed by atoms with E-state index in [0.29, 0.717) is 18.3 Å². The number of alkyl halides is 5. The summed E-state index contributed by atoms with van der Waals surface area (Å²) >= 11 is 0. The third-order valence-electron chi connectivity index (χ3n) is 4.66. The number of benzene rings is 1. The van der Waals surface area contributed by atoms with Crippen LogP contribution in [0.2, 0.25) is 0 Å². The van der Waals surface area contributed by atoms with Gasteiger partial charge in [-0.3, -0.25) is 0 Å². The molecule has 1 aromatic heterocycles. The summed E-state index contributed by atoms with van der Waals surface area (Å²) in [5.41, 5.74) is -5.34. The molecule has 29 heavy (non-hydrogen) atoms. The molecule has 1 N–H and O–H groups in total. The van der Waals surface area contributed by atoms with Crippen molar-refractivity contribution in [2.45, 2.75) is 41.7 Å². The van der Waals surface area contributed by atoms with Crippen molar-refractivity contribution in [2.75, 3.05) is 0 Å². The number of nitriles is 1. The summed E-state index contributed by atoms with van der Waals surface area (Å²) in [6.07, 6.45) is -6.56. The predicted molar refractivity (Wildman–Crippen MR) is 86.6 cm³/mol. The molecule has 1 heterocycles. The Labute approximate surface area is 160 Å².